The van der Waals surface area contributed by atoms with Gasteiger partial charge in [-0.25, -0.2) is 0 Å². The minimum Gasteiger partial charge on any atom is -0.327 e. The molecular weight excluding hydrogens is 134 g/mol. The number of nitrogens with two attached hydrogens (primary N) is 1. The van der Waals surface area contributed by atoms with Gasteiger partial charge in [0.2, 0.25) is 0 Å². The molecule has 1 nitrogen and oxygen atoms in total. The maximum absolute atomic E-state index is 5.57. The smallest absolute Gasteiger partial charge is 0.0136 e. The topological polar surface area (TPSA) is 26.0 Å². The van der Waals surface area contributed by atoms with Gasteiger partial charge in [0.1, 0.15) is 0 Å². The molecule has 1 heteroatoms. The fraction of sp³-hybridized carbons (Fsp3) is 0.800. The molecule has 11 heavy (non-hydrogen) atoms. The summed E-state index contributed by atoms with van der Waals surface area (Å²) in [6.07, 6.45) is 5.92. The standard InChI is InChI=1S/C10H21N/c1-4-9(5-2)7-10(6-3)8-11/h7,9H,4-6,8,11H2,1-3H3. The van der Waals surface area contributed by atoms with Crippen LogP contribution in [0.25, 0.3) is 0 Å². The molecular formula is C10H21N. The van der Waals surface area contributed by atoms with Gasteiger partial charge in [-0.2, -0.15) is 0 Å². The summed E-state index contributed by atoms with van der Waals surface area (Å²) in [7, 11) is 0. The van der Waals surface area contributed by atoms with E-state index in [1.165, 1.54) is 18.4 Å². The van der Waals surface area contributed by atoms with Gasteiger partial charge in [-0.3, -0.25) is 0 Å². The van der Waals surface area contributed by atoms with Crippen molar-refractivity contribution in [1.82, 2.24) is 0 Å². The minimum absolute atomic E-state index is 0.729. The zero-order valence-electron chi connectivity index (χ0n) is 8.06. The monoisotopic (exact) mass is 155 g/mol. The molecule has 0 atom stereocenters. The van der Waals surface area contributed by atoms with Crippen LogP contribution in [0.3, 0.4) is 0 Å². The van der Waals surface area contributed by atoms with E-state index in [1.54, 1.807) is 0 Å². The van der Waals surface area contributed by atoms with Gasteiger partial charge in [-0.15, -0.1) is 0 Å². The molecule has 0 radical (unpaired) electrons. The van der Waals surface area contributed by atoms with Crippen LogP contribution in [0, 0.1) is 5.92 Å². The molecule has 0 rings (SSSR count). The Bertz CT molecular complexity index is 106. The second-order valence-corrected chi connectivity index (χ2v) is 2.96. The molecule has 0 aliphatic rings. The molecule has 0 heterocycles. The second kappa shape index (κ2) is 6.41. The fourth-order valence-electron chi connectivity index (χ4n) is 1.19. The van der Waals surface area contributed by atoms with Crippen LogP contribution in [-0.4, -0.2) is 6.54 Å². The van der Waals surface area contributed by atoms with Crippen LogP contribution >= 0.6 is 0 Å². The molecule has 0 bridgehead atoms. The van der Waals surface area contributed by atoms with Gasteiger partial charge in [-0.05, 0) is 25.2 Å². The summed E-state index contributed by atoms with van der Waals surface area (Å²) in [6, 6.07) is 0. The van der Waals surface area contributed by atoms with E-state index in [0.29, 0.717) is 0 Å². The Kier molecular flexibility index (Phi) is 6.24. The lowest BCUT2D eigenvalue weighted by Gasteiger charge is -2.08. The third kappa shape index (κ3) is 4.20. The van der Waals surface area contributed by atoms with E-state index in [2.05, 4.69) is 26.8 Å². The van der Waals surface area contributed by atoms with Crippen LogP contribution in [0.4, 0.5) is 0 Å². The van der Waals surface area contributed by atoms with Crippen molar-refractivity contribution >= 4 is 0 Å². The molecule has 0 spiro atoms. The predicted molar refractivity (Wildman–Crippen MR) is 51.5 cm³/mol. The van der Waals surface area contributed by atoms with Crippen molar-refractivity contribution in [3.05, 3.63) is 11.6 Å². The van der Waals surface area contributed by atoms with Crippen LogP contribution < -0.4 is 5.73 Å². The number of rotatable bonds is 5. The molecule has 0 aliphatic carbocycles. The molecule has 0 aromatic heterocycles. The molecule has 0 saturated carbocycles. The molecule has 0 saturated heterocycles. The summed E-state index contributed by atoms with van der Waals surface area (Å²) in [5, 5.41) is 0. The lowest BCUT2D eigenvalue weighted by Crippen LogP contribution is -2.04. The minimum atomic E-state index is 0.729. The van der Waals surface area contributed by atoms with Crippen molar-refractivity contribution in [1.29, 1.82) is 0 Å². The Morgan fingerprint density at radius 2 is 1.82 bits per heavy atom. The Hall–Kier alpha value is -0.300. The van der Waals surface area contributed by atoms with Crippen LogP contribution in [0.15, 0.2) is 11.6 Å². The molecule has 0 amide bonds. The van der Waals surface area contributed by atoms with E-state index in [4.69, 9.17) is 5.73 Å². The summed E-state index contributed by atoms with van der Waals surface area (Å²) in [5.74, 6) is 0.744. The van der Waals surface area contributed by atoms with Crippen molar-refractivity contribution < 1.29 is 0 Å². The lowest BCUT2D eigenvalue weighted by atomic mass is 9.99. The van der Waals surface area contributed by atoms with Crippen molar-refractivity contribution in [2.24, 2.45) is 11.7 Å². The van der Waals surface area contributed by atoms with Gasteiger partial charge in [0.15, 0.2) is 0 Å². The Morgan fingerprint density at radius 3 is 2.09 bits per heavy atom. The number of allylic oxidation sites excluding steroid dienone is 1. The summed E-state index contributed by atoms with van der Waals surface area (Å²) >= 11 is 0. The van der Waals surface area contributed by atoms with Crippen LogP contribution in [0.5, 0.6) is 0 Å². The Morgan fingerprint density at radius 1 is 1.27 bits per heavy atom. The maximum atomic E-state index is 5.57. The second-order valence-electron chi connectivity index (χ2n) is 2.96. The van der Waals surface area contributed by atoms with E-state index in [-0.39, 0.29) is 0 Å². The summed E-state index contributed by atoms with van der Waals surface area (Å²) < 4.78 is 0. The highest BCUT2D eigenvalue weighted by Crippen LogP contribution is 2.12. The van der Waals surface area contributed by atoms with Crippen molar-refractivity contribution in [3.8, 4) is 0 Å². The third-order valence-corrected chi connectivity index (χ3v) is 2.24. The normalized spacial score (nSPS) is 12.6. The zero-order chi connectivity index (χ0) is 8.69. The van der Waals surface area contributed by atoms with Crippen molar-refractivity contribution in [2.75, 3.05) is 6.54 Å². The Labute approximate surface area is 70.7 Å². The van der Waals surface area contributed by atoms with E-state index in [0.717, 1.165) is 18.9 Å². The summed E-state index contributed by atoms with van der Waals surface area (Å²) in [5.41, 5.74) is 6.97. The van der Waals surface area contributed by atoms with Crippen molar-refractivity contribution in [3.63, 3.8) is 0 Å². The lowest BCUT2D eigenvalue weighted by molar-refractivity contribution is 0.599. The SMILES string of the molecule is CCC(=CC(CC)CC)CN. The molecule has 0 aromatic rings. The van der Waals surface area contributed by atoms with Crippen LogP contribution in [0.2, 0.25) is 0 Å². The number of hydrogen-bond donors (Lipinski definition) is 1. The highest BCUT2D eigenvalue weighted by Gasteiger charge is 1.99. The van der Waals surface area contributed by atoms with Gasteiger partial charge < -0.3 is 5.73 Å². The van der Waals surface area contributed by atoms with E-state index in [9.17, 15) is 0 Å². The van der Waals surface area contributed by atoms with Gasteiger partial charge in [0.05, 0.1) is 0 Å². The largest absolute Gasteiger partial charge is 0.327 e. The average Bonchev–Trinajstić information content (AvgIpc) is 2.07. The first kappa shape index (κ1) is 10.7. The molecule has 0 unspecified atom stereocenters. The third-order valence-electron chi connectivity index (χ3n) is 2.24. The highest BCUT2D eigenvalue weighted by molar-refractivity contribution is 5.04. The zero-order valence-corrected chi connectivity index (χ0v) is 8.06. The highest BCUT2D eigenvalue weighted by atomic mass is 14.5. The van der Waals surface area contributed by atoms with E-state index in [1.807, 2.05) is 0 Å². The molecule has 2 N–H and O–H groups in total. The van der Waals surface area contributed by atoms with Gasteiger partial charge in [0.25, 0.3) is 0 Å². The van der Waals surface area contributed by atoms with E-state index < -0.39 is 0 Å². The van der Waals surface area contributed by atoms with Crippen LogP contribution in [-0.2, 0) is 0 Å². The fourth-order valence-corrected chi connectivity index (χ4v) is 1.19. The first-order valence-corrected chi connectivity index (χ1v) is 4.68. The predicted octanol–water partition coefficient (Wildman–Crippen LogP) is 2.72. The van der Waals surface area contributed by atoms with Gasteiger partial charge in [-0.1, -0.05) is 32.4 Å². The van der Waals surface area contributed by atoms with Gasteiger partial charge in [0, 0.05) is 6.54 Å². The molecule has 0 fully saturated rings. The van der Waals surface area contributed by atoms with E-state index >= 15 is 0 Å². The first-order chi connectivity index (χ1) is 5.28. The molecule has 0 aromatic carbocycles. The quantitative estimate of drug-likeness (QED) is 0.607. The number of hydrogen-bond acceptors (Lipinski definition) is 1. The summed E-state index contributed by atoms with van der Waals surface area (Å²) in [4.78, 5) is 0. The maximum Gasteiger partial charge on any atom is 0.0136 e. The Balaban J connectivity index is 3.98. The first-order valence-electron chi connectivity index (χ1n) is 4.68. The average molecular weight is 155 g/mol. The summed E-state index contributed by atoms with van der Waals surface area (Å²) in [6.45, 7) is 7.36. The van der Waals surface area contributed by atoms with Crippen molar-refractivity contribution in [2.45, 2.75) is 40.0 Å². The van der Waals surface area contributed by atoms with Gasteiger partial charge >= 0.3 is 0 Å². The molecule has 66 valence electrons. The van der Waals surface area contributed by atoms with Crippen LogP contribution in [0.1, 0.15) is 40.0 Å². The molecule has 0 aliphatic heterocycles.